The van der Waals surface area contributed by atoms with Crippen LogP contribution in [0.1, 0.15) is 6.92 Å². The second kappa shape index (κ2) is 8.92. The Labute approximate surface area is 181 Å². The number of rotatable bonds is 4. The number of aliphatic hydroxyl groups is 1. The molecule has 0 aromatic rings. The molecule has 0 saturated carbocycles. The average Bonchev–Trinajstić information content (AvgIpc) is 2.87. The first-order valence-corrected chi connectivity index (χ1v) is 9.81. The first-order valence-electron chi connectivity index (χ1n) is 7.53. The number of aliphatic carboxylic acids is 1. The molecule has 1 amide bonds. The summed E-state index contributed by atoms with van der Waals surface area (Å²) in [5.74, 6) is -1.93. The molecule has 2 fully saturated rings. The van der Waals surface area contributed by atoms with Crippen molar-refractivity contribution in [2.24, 2.45) is 5.92 Å². The number of carbonyl (C=O) groups excluding carboxylic acids is 2. The Balaban J connectivity index is 0.00000225. The molecule has 0 radical (unpaired) electrons. The van der Waals surface area contributed by atoms with E-state index in [2.05, 4.69) is 0 Å². The van der Waals surface area contributed by atoms with Gasteiger partial charge in [-0.25, -0.2) is 0 Å². The van der Waals surface area contributed by atoms with E-state index in [9.17, 15) is 19.8 Å². The third-order valence-corrected chi connectivity index (χ3v) is 7.26. The monoisotopic (exact) mass is 412 g/mol. The average molecular weight is 412 g/mol. The van der Waals surface area contributed by atoms with Gasteiger partial charge in [-0.1, -0.05) is 24.0 Å². The van der Waals surface area contributed by atoms with E-state index in [4.69, 9.17) is 17.0 Å². The van der Waals surface area contributed by atoms with E-state index in [1.54, 1.807) is 6.92 Å². The summed E-state index contributed by atoms with van der Waals surface area (Å²) in [6, 6.07) is 0. The predicted octanol–water partition coefficient (Wildman–Crippen LogP) is -3.79. The quantitative estimate of drug-likeness (QED) is 0.284. The number of hydrogen-bond acceptors (Lipinski definition) is 8. The summed E-state index contributed by atoms with van der Waals surface area (Å²) in [4.78, 5) is 27.4. The SMILES string of the molecule is C[C@@H](O)[C@H]1C(=O)N2C(C(=O)[O-])=C(CSC(=S)N3CCOCC3)S[C@H]12.[Na+]. The number of carbonyl (C=O) groups is 2. The summed E-state index contributed by atoms with van der Waals surface area (Å²) >= 11 is 8.07. The molecule has 3 atom stereocenters. The van der Waals surface area contributed by atoms with Crippen LogP contribution >= 0.6 is 35.7 Å². The van der Waals surface area contributed by atoms with Gasteiger partial charge < -0.3 is 24.6 Å². The number of nitrogens with zero attached hydrogens (tertiary/aromatic N) is 2. The van der Waals surface area contributed by atoms with Crippen LogP contribution in [0.5, 0.6) is 0 Å². The molecule has 0 aromatic carbocycles. The van der Waals surface area contributed by atoms with Crippen molar-refractivity contribution in [1.29, 1.82) is 0 Å². The van der Waals surface area contributed by atoms with Gasteiger partial charge in [0.1, 0.15) is 9.69 Å². The van der Waals surface area contributed by atoms with E-state index >= 15 is 0 Å². The van der Waals surface area contributed by atoms with Crippen LogP contribution in [0.3, 0.4) is 0 Å². The molecule has 11 heteroatoms. The Hall–Kier alpha value is 0.190. The molecule has 7 nitrogen and oxygen atoms in total. The number of carboxylic acids is 1. The number of aliphatic hydroxyl groups excluding tert-OH is 1. The van der Waals surface area contributed by atoms with E-state index in [1.165, 1.54) is 28.4 Å². The zero-order valence-corrected chi connectivity index (χ0v) is 18.4. The molecular formula is C14H17N2NaO5S3. The largest absolute Gasteiger partial charge is 1.00 e. The predicted molar refractivity (Wildman–Crippen MR) is 92.9 cm³/mol. The third kappa shape index (κ3) is 4.21. The molecular weight excluding hydrogens is 395 g/mol. The van der Waals surface area contributed by atoms with Crippen molar-refractivity contribution in [3.8, 4) is 0 Å². The topological polar surface area (TPSA) is 93.1 Å². The molecule has 132 valence electrons. The van der Waals surface area contributed by atoms with Gasteiger partial charge >= 0.3 is 29.6 Å². The van der Waals surface area contributed by atoms with Gasteiger partial charge in [0, 0.05) is 23.7 Å². The molecule has 25 heavy (non-hydrogen) atoms. The zero-order chi connectivity index (χ0) is 17.4. The maximum atomic E-state index is 12.1. The molecule has 0 bridgehead atoms. The number of fused-ring (bicyclic) bond motifs is 1. The van der Waals surface area contributed by atoms with Crippen LogP contribution in [-0.4, -0.2) is 74.6 Å². The minimum Gasteiger partial charge on any atom is -0.543 e. The van der Waals surface area contributed by atoms with E-state index in [0.29, 0.717) is 28.2 Å². The second-order valence-corrected chi connectivity index (χ2v) is 8.52. The minimum absolute atomic E-state index is 0. The number of thioether (sulfide) groups is 2. The molecule has 1 N–H and O–H groups in total. The van der Waals surface area contributed by atoms with Crippen LogP contribution in [0.25, 0.3) is 0 Å². The van der Waals surface area contributed by atoms with Crippen molar-refractivity contribution < 1.29 is 54.1 Å². The fourth-order valence-corrected chi connectivity index (χ4v) is 5.86. The molecule has 0 aliphatic carbocycles. The Morgan fingerprint density at radius 2 is 2.16 bits per heavy atom. The van der Waals surface area contributed by atoms with Crippen LogP contribution in [0.2, 0.25) is 0 Å². The Morgan fingerprint density at radius 3 is 2.72 bits per heavy atom. The molecule has 3 aliphatic rings. The van der Waals surface area contributed by atoms with E-state index in [-0.39, 0.29) is 46.5 Å². The van der Waals surface area contributed by atoms with Crippen molar-refractivity contribution in [1.82, 2.24) is 9.80 Å². The summed E-state index contributed by atoms with van der Waals surface area (Å²) in [5.41, 5.74) is -0.0795. The number of ether oxygens (including phenoxy) is 1. The Bertz CT molecular complexity index is 609. The molecule has 3 heterocycles. The normalized spacial score (nSPS) is 26.7. The number of thiocarbonyl (C=S) groups is 1. The Kier molecular flexibility index (Phi) is 7.67. The van der Waals surface area contributed by atoms with Gasteiger partial charge in [-0.3, -0.25) is 9.69 Å². The standard InChI is InChI=1S/C14H18N2O5S3.Na/c1-7(17)9-11(18)16-10(13(19)20)8(24-12(9)16)6-23-14(22)15-2-4-21-5-3-15;/h7,9,12,17H,2-6H2,1H3,(H,19,20);/q;+1/p-1/t7-,9+,12-;/m1./s1. The van der Waals surface area contributed by atoms with Gasteiger partial charge in [0.25, 0.3) is 0 Å². The number of amides is 1. The third-order valence-electron chi connectivity index (χ3n) is 4.16. The van der Waals surface area contributed by atoms with Crippen LogP contribution in [0, 0.1) is 5.92 Å². The van der Waals surface area contributed by atoms with Crippen LogP contribution in [-0.2, 0) is 14.3 Å². The number of β-lactam (4-membered cyclic amide) rings is 1. The fraction of sp³-hybridized carbons (Fsp3) is 0.643. The van der Waals surface area contributed by atoms with Crippen LogP contribution in [0.4, 0.5) is 0 Å². The van der Waals surface area contributed by atoms with Crippen molar-refractivity contribution in [2.75, 3.05) is 32.1 Å². The van der Waals surface area contributed by atoms with E-state index in [1.807, 2.05) is 4.90 Å². The molecule has 2 saturated heterocycles. The van der Waals surface area contributed by atoms with Gasteiger partial charge in [-0.05, 0) is 6.92 Å². The first-order chi connectivity index (χ1) is 11.4. The van der Waals surface area contributed by atoms with Crippen molar-refractivity contribution >= 4 is 51.9 Å². The van der Waals surface area contributed by atoms with Crippen molar-refractivity contribution in [2.45, 2.75) is 18.4 Å². The number of morpholine rings is 1. The Morgan fingerprint density at radius 1 is 1.52 bits per heavy atom. The van der Waals surface area contributed by atoms with Crippen LogP contribution < -0.4 is 34.7 Å². The molecule has 3 rings (SSSR count). The number of hydrogen-bond donors (Lipinski definition) is 1. The van der Waals surface area contributed by atoms with E-state index in [0.717, 1.165) is 13.1 Å². The van der Waals surface area contributed by atoms with Crippen LogP contribution in [0.15, 0.2) is 10.6 Å². The van der Waals surface area contributed by atoms with Crippen molar-refractivity contribution in [3.05, 3.63) is 10.6 Å². The summed E-state index contributed by atoms with van der Waals surface area (Å²) in [6.45, 7) is 4.25. The van der Waals surface area contributed by atoms with E-state index < -0.39 is 18.0 Å². The molecule has 0 unspecified atom stereocenters. The van der Waals surface area contributed by atoms with Gasteiger partial charge in [0.2, 0.25) is 5.91 Å². The maximum Gasteiger partial charge on any atom is 1.00 e. The summed E-state index contributed by atoms with van der Waals surface area (Å²) in [7, 11) is 0. The first kappa shape index (κ1) is 21.5. The number of carboxylic acid groups (broad SMARTS) is 1. The maximum absolute atomic E-state index is 12.1. The summed E-state index contributed by atoms with van der Waals surface area (Å²) in [5, 5.41) is 20.8. The fourth-order valence-electron chi connectivity index (χ4n) is 2.91. The van der Waals surface area contributed by atoms with Gasteiger partial charge in [-0.2, -0.15) is 0 Å². The molecule has 0 spiro atoms. The van der Waals surface area contributed by atoms with Gasteiger partial charge in [0.15, 0.2) is 0 Å². The van der Waals surface area contributed by atoms with Gasteiger partial charge in [0.05, 0.1) is 36.9 Å². The zero-order valence-electron chi connectivity index (χ0n) is 14.0. The summed E-state index contributed by atoms with van der Waals surface area (Å²) < 4.78 is 5.97. The second-order valence-electron chi connectivity index (χ2n) is 5.70. The minimum atomic E-state index is -1.37. The molecule has 0 aromatic heterocycles. The van der Waals surface area contributed by atoms with Gasteiger partial charge in [-0.15, -0.1) is 11.8 Å². The van der Waals surface area contributed by atoms with Crippen molar-refractivity contribution in [3.63, 3.8) is 0 Å². The molecule has 3 aliphatic heterocycles. The summed E-state index contributed by atoms with van der Waals surface area (Å²) in [6.07, 6.45) is -0.810. The smallest absolute Gasteiger partial charge is 0.543 e.